The second kappa shape index (κ2) is 13.9. The van der Waals surface area contributed by atoms with Gasteiger partial charge in [0, 0.05) is 18.5 Å². The van der Waals surface area contributed by atoms with Gasteiger partial charge in [0.15, 0.2) is 0 Å². The van der Waals surface area contributed by atoms with E-state index in [4.69, 9.17) is 23.2 Å². The Morgan fingerprint density at radius 2 is 1.50 bits per heavy atom. The summed E-state index contributed by atoms with van der Waals surface area (Å²) < 4.78 is 27.0. The van der Waals surface area contributed by atoms with Gasteiger partial charge < -0.3 is 10.2 Å². The zero-order chi connectivity index (χ0) is 31.2. The van der Waals surface area contributed by atoms with Crippen molar-refractivity contribution < 1.29 is 18.0 Å². The highest BCUT2D eigenvalue weighted by Gasteiger charge is 2.34. The molecule has 0 saturated heterocycles. The Balaban J connectivity index is 2.08. The Morgan fingerprint density at radius 1 is 0.881 bits per heavy atom. The van der Waals surface area contributed by atoms with Gasteiger partial charge in [-0.3, -0.25) is 13.9 Å². The molecular weight excluding hydrogens is 593 g/mol. The second-order valence-corrected chi connectivity index (χ2v) is 14.5. The van der Waals surface area contributed by atoms with Crippen molar-refractivity contribution in [2.24, 2.45) is 0 Å². The monoisotopic (exact) mass is 631 g/mol. The molecule has 0 bridgehead atoms. The van der Waals surface area contributed by atoms with Crippen molar-refractivity contribution >= 4 is 50.7 Å². The normalized spacial score (nSPS) is 12.6. The van der Waals surface area contributed by atoms with Crippen LogP contribution in [0.4, 0.5) is 5.69 Å². The molecule has 0 heterocycles. The first-order valence-corrected chi connectivity index (χ1v) is 16.3. The molecule has 1 atom stereocenters. The Hall–Kier alpha value is -3.07. The average molecular weight is 633 g/mol. The van der Waals surface area contributed by atoms with Gasteiger partial charge in [-0.2, -0.15) is 0 Å². The number of halogens is 2. The molecule has 0 spiro atoms. The van der Waals surface area contributed by atoms with E-state index in [1.807, 2.05) is 77.1 Å². The molecule has 3 aromatic rings. The first-order chi connectivity index (χ1) is 19.5. The molecule has 0 unspecified atom stereocenters. The number of nitrogens with zero attached hydrogens (tertiary/aromatic N) is 2. The fraction of sp³-hybridized carbons (Fsp3) is 0.375. The Bertz CT molecular complexity index is 1490. The van der Waals surface area contributed by atoms with Gasteiger partial charge in [0.25, 0.3) is 0 Å². The van der Waals surface area contributed by atoms with E-state index >= 15 is 0 Å². The first-order valence-electron chi connectivity index (χ1n) is 13.7. The van der Waals surface area contributed by atoms with Crippen LogP contribution < -0.4 is 9.62 Å². The van der Waals surface area contributed by atoms with Gasteiger partial charge in [-0.1, -0.05) is 85.6 Å². The summed E-state index contributed by atoms with van der Waals surface area (Å²) in [6, 6.07) is 20.5. The van der Waals surface area contributed by atoms with Gasteiger partial charge in [0.1, 0.15) is 12.6 Å². The molecule has 10 heteroatoms. The van der Waals surface area contributed by atoms with Crippen molar-refractivity contribution in [2.45, 2.75) is 65.1 Å². The maximum atomic E-state index is 14.2. The molecule has 3 aromatic carbocycles. The Morgan fingerprint density at radius 3 is 2.02 bits per heavy atom. The van der Waals surface area contributed by atoms with Crippen molar-refractivity contribution in [1.82, 2.24) is 10.2 Å². The third-order valence-corrected chi connectivity index (χ3v) is 8.51. The summed E-state index contributed by atoms with van der Waals surface area (Å²) in [6.07, 6.45) is 1.28. The first kappa shape index (κ1) is 33.4. The van der Waals surface area contributed by atoms with Gasteiger partial charge >= 0.3 is 0 Å². The summed E-state index contributed by atoms with van der Waals surface area (Å²) in [4.78, 5) is 29.4. The molecular formula is C32H39Cl2N3O4S. The molecule has 0 saturated carbocycles. The summed E-state index contributed by atoms with van der Waals surface area (Å²) >= 11 is 12.4. The van der Waals surface area contributed by atoms with Crippen LogP contribution >= 0.6 is 23.2 Å². The molecule has 0 aliphatic carbocycles. The minimum absolute atomic E-state index is 0.00861. The lowest BCUT2D eigenvalue weighted by atomic mass is 10.0. The summed E-state index contributed by atoms with van der Waals surface area (Å²) in [6.45, 7) is 9.20. The molecule has 3 rings (SSSR count). The van der Waals surface area contributed by atoms with Crippen LogP contribution in [0.25, 0.3) is 0 Å². The average Bonchev–Trinajstić information content (AvgIpc) is 2.90. The molecule has 1 N–H and O–H groups in total. The van der Waals surface area contributed by atoms with Gasteiger partial charge in [0.05, 0.1) is 22.0 Å². The molecule has 226 valence electrons. The number of hydrogen-bond acceptors (Lipinski definition) is 4. The van der Waals surface area contributed by atoms with Crippen LogP contribution in [0.2, 0.25) is 10.0 Å². The molecule has 0 radical (unpaired) electrons. The number of sulfonamides is 1. The number of amides is 2. The Kier molecular flexibility index (Phi) is 11.1. The van der Waals surface area contributed by atoms with Gasteiger partial charge in [0.2, 0.25) is 21.8 Å². The van der Waals surface area contributed by atoms with Crippen LogP contribution in [0.1, 0.15) is 57.2 Å². The standard InChI is InChI=1S/C32H39Cl2N3O4S/c1-22(2)25-13-15-26(16-14-25)37(42(6,40)41)21-30(38)36(20-24-12-17-27(33)28(34)18-24)29(31(39)35-32(3,4)5)19-23-10-8-7-9-11-23/h7-18,22,29H,19-21H2,1-6H3,(H,35,39)/t29-/m0/s1. The second-order valence-electron chi connectivity index (χ2n) is 11.7. The largest absolute Gasteiger partial charge is 0.350 e. The number of benzene rings is 3. The maximum Gasteiger partial charge on any atom is 0.244 e. The van der Waals surface area contributed by atoms with E-state index < -0.39 is 34.1 Å². The summed E-state index contributed by atoms with van der Waals surface area (Å²) in [5.74, 6) is -0.634. The maximum absolute atomic E-state index is 14.2. The number of rotatable bonds is 11. The zero-order valence-electron chi connectivity index (χ0n) is 24.9. The van der Waals surface area contributed by atoms with Crippen LogP contribution in [0.5, 0.6) is 0 Å². The fourth-order valence-electron chi connectivity index (χ4n) is 4.48. The van der Waals surface area contributed by atoms with E-state index in [0.29, 0.717) is 21.3 Å². The highest BCUT2D eigenvalue weighted by atomic mass is 35.5. The summed E-state index contributed by atoms with van der Waals surface area (Å²) in [7, 11) is -3.85. The molecule has 0 fully saturated rings. The van der Waals surface area contributed by atoms with Gasteiger partial charge in [-0.15, -0.1) is 0 Å². The lowest BCUT2D eigenvalue weighted by Crippen LogP contribution is -2.56. The number of hydrogen-bond donors (Lipinski definition) is 1. The van der Waals surface area contributed by atoms with E-state index in [2.05, 4.69) is 5.32 Å². The quantitative estimate of drug-likeness (QED) is 0.264. The lowest BCUT2D eigenvalue weighted by molar-refractivity contribution is -0.140. The number of carbonyl (C=O) groups is 2. The fourth-order valence-corrected chi connectivity index (χ4v) is 5.65. The minimum Gasteiger partial charge on any atom is -0.350 e. The lowest BCUT2D eigenvalue weighted by Gasteiger charge is -2.35. The van der Waals surface area contributed by atoms with Gasteiger partial charge in [-0.25, -0.2) is 8.42 Å². The SMILES string of the molecule is CC(C)c1ccc(N(CC(=O)N(Cc2ccc(Cl)c(Cl)c2)[C@@H](Cc2ccccc2)C(=O)NC(C)(C)C)S(C)(=O)=O)cc1. The zero-order valence-corrected chi connectivity index (χ0v) is 27.2. The number of carbonyl (C=O) groups excluding carboxylic acids is 2. The van der Waals surface area contributed by atoms with Crippen LogP contribution in [-0.4, -0.2) is 49.5 Å². The van der Waals surface area contributed by atoms with Crippen molar-refractivity contribution in [3.63, 3.8) is 0 Å². The Labute approximate surface area is 259 Å². The summed E-state index contributed by atoms with van der Waals surface area (Å²) in [5, 5.41) is 3.67. The minimum atomic E-state index is -3.85. The molecule has 2 amide bonds. The number of anilines is 1. The van der Waals surface area contributed by atoms with Crippen LogP contribution in [0, 0.1) is 0 Å². The molecule has 7 nitrogen and oxygen atoms in total. The van der Waals surface area contributed by atoms with Crippen molar-refractivity contribution in [3.8, 4) is 0 Å². The van der Waals surface area contributed by atoms with E-state index in [1.54, 1.807) is 30.3 Å². The third kappa shape index (κ3) is 9.48. The van der Waals surface area contributed by atoms with E-state index in [1.165, 1.54) is 4.90 Å². The highest BCUT2D eigenvalue weighted by molar-refractivity contribution is 7.92. The van der Waals surface area contributed by atoms with E-state index in [9.17, 15) is 18.0 Å². The van der Waals surface area contributed by atoms with Crippen molar-refractivity contribution in [2.75, 3.05) is 17.1 Å². The van der Waals surface area contributed by atoms with Crippen molar-refractivity contribution in [1.29, 1.82) is 0 Å². The van der Waals surface area contributed by atoms with Gasteiger partial charge in [-0.05, 0) is 67.6 Å². The predicted molar refractivity (Wildman–Crippen MR) is 172 cm³/mol. The van der Waals surface area contributed by atoms with Crippen LogP contribution in [-0.2, 0) is 32.6 Å². The predicted octanol–water partition coefficient (Wildman–Crippen LogP) is 6.44. The molecule has 42 heavy (non-hydrogen) atoms. The smallest absolute Gasteiger partial charge is 0.244 e. The molecule has 0 aromatic heterocycles. The van der Waals surface area contributed by atoms with Crippen molar-refractivity contribution in [3.05, 3.63) is 99.5 Å². The van der Waals surface area contributed by atoms with Crippen LogP contribution in [0.3, 0.4) is 0 Å². The molecule has 0 aliphatic heterocycles. The molecule has 0 aliphatic rings. The summed E-state index contributed by atoms with van der Waals surface area (Å²) in [5.41, 5.74) is 2.33. The number of nitrogens with one attached hydrogen (secondary N) is 1. The third-order valence-electron chi connectivity index (χ3n) is 6.63. The van der Waals surface area contributed by atoms with Crippen LogP contribution in [0.15, 0.2) is 72.8 Å². The van der Waals surface area contributed by atoms with E-state index in [0.717, 1.165) is 21.7 Å². The topological polar surface area (TPSA) is 86.8 Å². The van der Waals surface area contributed by atoms with E-state index in [-0.39, 0.29) is 24.8 Å². The highest BCUT2D eigenvalue weighted by Crippen LogP contribution is 2.26.